The Balaban J connectivity index is 1.88. The molecule has 130 valence electrons. The molecule has 0 aliphatic rings. The summed E-state index contributed by atoms with van der Waals surface area (Å²) >= 11 is 0. The van der Waals surface area contributed by atoms with Gasteiger partial charge in [0.25, 0.3) is 10.0 Å². The Kier molecular flexibility index (Phi) is 4.41. The van der Waals surface area contributed by atoms with Crippen LogP contribution in [0.1, 0.15) is 11.4 Å². The molecule has 1 N–H and O–H groups in total. The minimum atomic E-state index is -3.81. The summed E-state index contributed by atoms with van der Waals surface area (Å²) in [5, 5.41) is -0.0709. The van der Waals surface area contributed by atoms with Gasteiger partial charge in [-0.05, 0) is 26.0 Å². The second-order valence-corrected chi connectivity index (χ2v) is 7.08. The lowest BCUT2D eigenvalue weighted by Gasteiger charge is -2.12. The van der Waals surface area contributed by atoms with Gasteiger partial charge in [-0.1, -0.05) is 18.2 Å². The predicted molar refractivity (Wildman–Crippen MR) is 92.0 cm³/mol. The molecular weight excluding hydrogens is 342 g/mol. The summed E-state index contributed by atoms with van der Waals surface area (Å²) in [5.41, 5.74) is 1.22. The summed E-state index contributed by atoms with van der Waals surface area (Å²) in [5.74, 6) is 0.600. The SMILES string of the molecule is Cc1nc(Oc2ccccc2)nc(C)c1NS(=O)(=O)c1cn(C)cn1. The molecule has 0 aliphatic carbocycles. The lowest BCUT2D eigenvalue weighted by atomic mass is 10.3. The zero-order chi connectivity index (χ0) is 18.0. The van der Waals surface area contributed by atoms with E-state index in [9.17, 15) is 8.42 Å². The van der Waals surface area contributed by atoms with Crippen LogP contribution in [-0.4, -0.2) is 27.9 Å². The van der Waals surface area contributed by atoms with E-state index in [0.717, 1.165) is 0 Å². The number of para-hydroxylation sites is 1. The van der Waals surface area contributed by atoms with Crippen LogP contribution in [0.15, 0.2) is 47.9 Å². The third-order valence-corrected chi connectivity index (χ3v) is 4.63. The van der Waals surface area contributed by atoms with Gasteiger partial charge in [-0.25, -0.2) is 4.98 Å². The van der Waals surface area contributed by atoms with Crippen LogP contribution in [0, 0.1) is 13.8 Å². The van der Waals surface area contributed by atoms with Gasteiger partial charge in [0.05, 0.1) is 23.4 Å². The first-order valence-electron chi connectivity index (χ1n) is 7.44. The van der Waals surface area contributed by atoms with Crippen molar-refractivity contribution in [3.8, 4) is 11.8 Å². The lowest BCUT2D eigenvalue weighted by molar-refractivity contribution is 0.439. The van der Waals surface area contributed by atoms with Gasteiger partial charge in [-0.15, -0.1) is 0 Å². The van der Waals surface area contributed by atoms with Gasteiger partial charge in [-0.3, -0.25) is 4.72 Å². The minimum Gasteiger partial charge on any atom is -0.424 e. The van der Waals surface area contributed by atoms with Gasteiger partial charge in [0, 0.05) is 13.2 Å². The van der Waals surface area contributed by atoms with Crippen LogP contribution in [-0.2, 0) is 17.1 Å². The molecule has 0 atom stereocenters. The van der Waals surface area contributed by atoms with E-state index < -0.39 is 10.0 Å². The topological polar surface area (TPSA) is 99.0 Å². The number of rotatable bonds is 5. The summed E-state index contributed by atoms with van der Waals surface area (Å²) in [7, 11) is -2.12. The molecule has 8 nitrogen and oxygen atoms in total. The summed E-state index contributed by atoms with van der Waals surface area (Å²) in [4.78, 5) is 12.3. The molecule has 2 aromatic heterocycles. The molecule has 9 heteroatoms. The Hall–Kier alpha value is -2.94. The molecule has 0 saturated carbocycles. The largest absolute Gasteiger partial charge is 0.424 e. The van der Waals surface area contributed by atoms with Gasteiger partial charge < -0.3 is 9.30 Å². The zero-order valence-corrected chi connectivity index (χ0v) is 14.8. The van der Waals surface area contributed by atoms with Crippen molar-refractivity contribution in [2.24, 2.45) is 7.05 Å². The number of benzene rings is 1. The molecular formula is C16H17N5O3S. The Bertz CT molecular complexity index is 977. The molecule has 3 aromatic rings. The average molecular weight is 359 g/mol. The van der Waals surface area contributed by atoms with E-state index in [0.29, 0.717) is 22.8 Å². The molecule has 0 bridgehead atoms. The van der Waals surface area contributed by atoms with E-state index in [-0.39, 0.29) is 11.0 Å². The highest BCUT2D eigenvalue weighted by atomic mass is 32.2. The van der Waals surface area contributed by atoms with E-state index in [1.807, 2.05) is 18.2 Å². The standard InChI is InChI=1S/C16H17N5O3S/c1-11-15(20-25(22,23)14-9-21(3)10-17-14)12(2)19-16(18-11)24-13-7-5-4-6-8-13/h4-10,20H,1-3H3. The first-order valence-corrected chi connectivity index (χ1v) is 8.92. The van der Waals surface area contributed by atoms with Crippen LogP contribution in [0.5, 0.6) is 11.8 Å². The van der Waals surface area contributed by atoms with Crippen molar-refractivity contribution in [3.63, 3.8) is 0 Å². The molecule has 0 unspecified atom stereocenters. The smallest absolute Gasteiger partial charge is 0.322 e. The molecule has 0 saturated heterocycles. The number of imidazole rings is 1. The van der Waals surface area contributed by atoms with Crippen molar-refractivity contribution in [3.05, 3.63) is 54.2 Å². The van der Waals surface area contributed by atoms with Crippen LogP contribution in [0.2, 0.25) is 0 Å². The number of hydrogen-bond donors (Lipinski definition) is 1. The number of aryl methyl sites for hydroxylation is 3. The van der Waals surface area contributed by atoms with Crippen molar-refractivity contribution in [1.29, 1.82) is 0 Å². The number of anilines is 1. The summed E-state index contributed by atoms with van der Waals surface area (Å²) < 4.78 is 34.5. The number of ether oxygens (including phenoxy) is 1. The van der Waals surface area contributed by atoms with E-state index in [1.54, 1.807) is 37.6 Å². The highest BCUT2D eigenvalue weighted by molar-refractivity contribution is 7.92. The lowest BCUT2D eigenvalue weighted by Crippen LogP contribution is -2.16. The van der Waals surface area contributed by atoms with Gasteiger partial charge in [0.1, 0.15) is 5.75 Å². The summed E-state index contributed by atoms with van der Waals surface area (Å²) in [6.07, 6.45) is 2.84. The summed E-state index contributed by atoms with van der Waals surface area (Å²) in [6, 6.07) is 9.27. The number of nitrogens with one attached hydrogen (secondary N) is 1. The molecule has 0 spiro atoms. The maximum Gasteiger partial charge on any atom is 0.322 e. The molecule has 0 fully saturated rings. The average Bonchev–Trinajstić information content (AvgIpc) is 3.00. The molecule has 0 aliphatic heterocycles. The predicted octanol–water partition coefficient (Wildman–Crippen LogP) is 2.42. The van der Waals surface area contributed by atoms with Crippen LogP contribution in [0.4, 0.5) is 5.69 Å². The maximum absolute atomic E-state index is 12.4. The fourth-order valence-electron chi connectivity index (χ4n) is 2.19. The quantitative estimate of drug-likeness (QED) is 0.751. The first kappa shape index (κ1) is 16.9. The highest BCUT2D eigenvalue weighted by Gasteiger charge is 2.21. The molecule has 0 amide bonds. The van der Waals surface area contributed by atoms with Crippen LogP contribution < -0.4 is 9.46 Å². The first-order chi connectivity index (χ1) is 11.8. The Morgan fingerprint density at radius 2 is 1.72 bits per heavy atom. The zero-order valence-electron chi connectivity index (χ0n) is 14.0. The summed E-state index contributed by atoms with van der Waals surface area (Å²) in [6.45, 7) is 3.37. The van der Waals surface area contributed by atoms with Gasteiger partial charge in [-0.2, -0.15) is 18.4 Å². The number of nitrogens with zero attached hydrogens (tertiary/aromatic N) is 4. The third kappa shape index (κ3) is 3.77. The fraction of sp³-hybridized carbons (Fsp3) is 0.188. The van der Waals surface area contributed by atoms with Gasteiger partial charge in [0.2, 0.25) is 0 Å². The Morgan fingerprint density at radius 3 is 2.28 bits per heavy atom. The number of aromatic nitrogens is 4. The molecule has 2 heterocycles. The van der Waals surface area contributed by atoms with Crippen molar-refractivity contribution in [2.45, 2.75) is 18.9 Å². The van der Waals surface area contributed by atoms with E-state index in [2.05, 4.69) is 19.7 Å². The molecule has 25 heavy (non-hydrogen) atoms. The molecule has 1 aromatic carbocycles. The second-order valence-electron chi connectivity index (χ2n) is 5.45. The van der Waals surface area contributed by atoms with Crippen LogP contribution in [0.25, 0.3) is 0 Å². The van der Waals surface area contributed by atoms with Gasteiger partial charge in [0.15, 0.2) is 5.03 Å². The van der Waals surface area contributed by atoms with Crippen molar-refractivity contribution < 1.29 is 13.2 Å². The normalized spacial score (nSPS) is 11.3. The van der Waals surface area contributed by atoms with Gasteiger partial charge >= 0.3 is 6.01 Å². The van der Waals surface area contributed by atoms with Crippen molar-refractivity contribution in [1.82, 2.24) is 19.5 Å². The van der Waals surface area contributed by atoms with E-state index in [1.165, 1.54) is 12.5 Å². The number of hydrogen-bond acceptors (Lipinski definition) is 6. The maximum atomic E-state index is 12.4. The fourth-order valence-corrected chi connectivity index (χ4v) is 3.35. The van der Waals surface area contributed by atoms with E-state index in [4.69, 9.17) is 4.74 Å². The molecule has 3 rings (SSSR count). The minimum absolute atomic E-state index is 0.0709. The van der Waals surface area contributed by atoms with Crippen LogP contribution >= 0.6 is 0 Å². The Morgan fingerprint density at radius 1 is 1.08 bits per heavy atom. The monoisotopic (exact) mass is 359 g/mol. The van der Waals surface area contributed by atoms with Crippen LogP contribution in [0.3, 0.4) is 0 Å². The van der Waals surface area contributed by atoms with E-state index >= 15 is 0 Å². The second kappa shape index (κ2) is 6.52. The third-order valence-electron chi connectivity index (χ3n) is 3.40. The molecule has 0 radical (unpaired) electrons. The van der Waals surface area contributed by atoms with Crippen molar-refractivity contribution in [2.75, 3.05) is 4.72 Å². The highest BCUT2D eigenvalue weighted by Crippen LogP contribution is 2.25. The number of sulfonamides is 1. The Labute approximate surface area is 145 Å². The van der Waals surface area contributed by atoms with Crippen molar-refractivity contribution >= 4 is 15.7 Å².